The van der Waals surface area contributed by atoms with Crippen LogP contribution < -0.4 is 4.80 Å². The highest BCUT2D eigenvalue weighted by Gasteiger charge is 2.34. The first-order valence-corrected chi connectivity index (χ1v) is 11.4. The maximum Gasteiger partial charge on any atom is 0.270 e. The number of imide groups is 1. The highest BCUT2D eigenvalue weighted by Crippen LogP contribution is 2.27. The molecule has 3 aromatic carbocycles. The fourth-order valence-corrected chi connectivity index (χ4v) is 4.66. The highest BCUT2D eigenvalue weighted by atomic mass is 32.1. The molecular formula is C25H17N5O4S. The molecule has 0 atom stereocenters. The second-order valence-electron chi connectivity index (χ2n) is 7.55. The van der Waals surface area contributed by atoms with E-state index in [1.165, 1.54) is 29.7 Å². The number of carbonyl (C=O) groups is 2. The van der Waals surface area contributed by atoms with Gasteiger partial charge in [-0.25, -0.2) is 0 Å². The SMILES string of the molecule is O=C1c2ccccc2C(=O)N1C/C=N/N=c1\scc(-c2cccc([N+](=O)[O-])c2)n1-c1ccccc1. The van der Waals surface area contributed by atoms with Crippen molar-refractivity contribution in [1.82, 2.24) is 9.47 Å². The van der Waals surface area contributed by atoms with E-state index < -0.39 is 4.92 Å². The lowest BCUT2D eigenvalue weighted by atomic mass is 10.1. The lowest BCUT2D eigenvalue weighted by Gasteiger charge is -2.09. The minimum atomic E-state index is -0.433. The van der Waals surface area contributed by atoms with E-state index in [4.69, 9.17) is 0 Å². The molecule has 0 bridgehead atoms. The average molecular weight is 484 g/mol. The second-order valence-corrected chi connectivity index (χ2v) is 8.38. The monoisotopic (exact) mass is 483 g/mol. The fraction of sp³-hybridized carbons (Fsp3) is 0.0400. The van der Waals surface area contributed by atoms with Crippen LogP contribution in [0.25, 0.3) is 16.9 Å². The number of nitrogens with zero attached hydrogens (tertiary/aromatic N) is 5. The number of carbonyl (C=O) groups excluding carboxylic acids is 2. The molecule has 0 N–H and O–H groups in total. The van der Waals surface area contributed by atoms with Crippen LogP contribution in [0, 0.1) is 10.1 Å². The van der Waals surface area contributed by atoms with E-state index in [9.17, 15) is 19.7 Å². The van der Waals surface area contributed by atoms with E-state index in [0.29, 0.717) is 21.5 Å². The minimum absolute atomic E-state index is 0.00855. The molecule has 4 aromatic rings. The summed E-state index contributed by atoms with van der Waals surface area (Å²) in [5.74, 6) is -0.721. The Labute approximate surface area is 203 Å². The molecule has 172 valence electrons. The van der Waals surface area contributed by atoms with E-state index in [1.807, 2.05) is 40.3 Å². The minimum Gasteiger partial charge on any atom is -0.284 e. The quantitative estimate of drug-likeness (QED) is 0.176. The number of nitro benzene ring substituents is 1. The third kappa shape index (κ3) is 4.18. The summed E-state index contributed by atoms with van der Waals surface area (Å²) in [6.07, 6.45) is 1.41. The molecule has 0 aliphatic carbocycles. The van der Waals surface area contributed by atoms with Crippen molar-refractivity contribution in [2.75, 3.05) is 6.54 Å². The number of hydrogen-bond donors (Lipinski definition) is 0. The zero-order chi connectivity index (χ0) is 24.4. The van der Waals surface area contributed by atoms with Gasteiger partial charge in [0.15, 0.2) is 0 Å². The summed E-state index contributed by atoms with van der Waals surface area (Å²) in [4.78, 5) is 37.5. The van der Waals surface area contributed by atoms with Crippen LogP contribution in [0.5, 0.6) is 0 Å². The molecule has 1 aliphatic heterocycles. The van der Waals surface area contributed by atoms with Gasteiger partial charge < -0.3 is 0 Å². The molecule has 0 saturated heterocycles. The Kier molecular flexibility index (Phi) is 5.86. The van der Waals surface area contributed by atoms with Crippen molar-refractivity contribution in [2.24, 2.45) is 10.2 Å². The summed E-state index contributed by atoms with van der Waals surface area (Å²) < 4.78 is 1.85. The first-order valence-electron chi connectivity index (χ1n) is 10.6. The maximum absolute atomic E-state index is 12.5. The van der Waals surface area contributed by atoms with Gasteiger partial charge in [-0.05, 0) is 24.3 Å². The van der Waals surface area contributed by atoms with Gasteiger partial charge >= 0.3 is 0 Å². The summed E-state index contributed by atoms with van der Waals surface area (Å²) >= 11 is 1.32. The Morgan fingerprint density at radius 3 is 2.29 bits per heavy atom. The van der Waals surface area contributed by atoms with Gasteiger partial charge in [0.05, 0.1) is 28.3 Å². The summed E-state index contributed by atoms with van der Waals surface area (Å²) in [5.41, 5.74) is 2.94. The molecule has 10 heteroatoms. The van der Waals surface area contributed by atoms with Crippen LogP contribution in [-0.4, -0.2) is 39.0 Å². The topological polar surface area (TPSA) is 110 Å². The highest BCUT2D eigenvalue weighted by molar-refractivity contribution is 7.07. The first kappa shape index (κ1) is 22.1. The van der Waals surface area contributed by atoms with Gasteiger partial charge in [-0.1, -0.05) is 42.5 Å². The van der Waals surface area contributed by atoms with Crippen LogP contribution in [-0.2, 0) is 0 Å². The van der Waals surface area contributed by atoms with Crippen LogP contribution in [0.3, 0.4) is 0 Å². The number of non-ortho nitro benzene ring substituents is 1. The van der Waals surface area contributed by atoms with Crippen LogP contribution in [0.1, 0.15) is 20.7 Å². The van der Waals surface area contributed by atoms with E-state index in [-0.39, 0.29) is 24.0 Å². The Morgan fingerprint density at radius 1 is 0.914 bits per heavy atom. The molecule has 35 heavy (non-hydrogen) atoms. The lowest BCUT2D eigenvalue weighted by molar-refractivity contribution is -0.384. The normalized spacial score (nSPS) is 13.6. The number of fused-ring (bicyclic) bond motifs is 1. The number of hydrogen-bond acceptors (Lipinski definition) is 7. The number of benzene rings is 3. The van der Waals surface area contributed by atoms with Gasteiger partial charge in [-0.3, -0.25) is 29.2 Å². The third-order valence-electron chi connectivity index (χ3n) is 5.44. The number of nitro groups is 1. The zero-order valence-corrected chi connectivity index (χ0v) is 19.0. The summed E-state index contributed by atoms with van der Waals surface area (Å²) in [6.45, 7) is -0.00963. The Balaban J connectivity index is 1.48. The molecule has 2 amide bonds. The molecule has 0 radical (unpaired) electrons. The Hall–Kier alpha value is -4.70. The maximum atomic E-state index is 12.5. The smallest absolute Gasteiger partial charge is 0.270 e. The second kappa shape index (κ2) is 9.27. The van der Waals surface area contributed by atoms with Gasteiger partial charge in [0.2, 0.25) is 4.80 Å². The first-order chi connectivity index (χ1) is 17.0. The summed E-state index contributed by atoms with van der Waals surface area (Å²) in [6, 6.07) is 22.5. The average Bonchev–Trinajstić information content (AvgIpc) is 3.42. The molecule has 0 unspecified atom stereocenters. The predicted molar refractivity (Wildman–Crippen MR) is 132 cm³/mol. The molecule has 0 saturated carbocycles. The number of rotatable bonds is 6. The number of thiazole rings is 1. The molecule has 5 rings (SSSR count). The predicted octanol–water partition coefficient (Wildman–Crippen LogP) is 4.30. The number of aromatic nitrogens is 1. The van der Waals surface area contributed by atoms with Crippen molar-refractivity contribution in [1.29, 1.82) is 0 Å². The fourth-order valence-electron chi connectivity index (χ4n) is 3.80. The number of para-hydroxylation sites is 1. The third-order valence-corrected chi connectivity index (χ3v) is 6.26. The molecule has 9 nitrogen and oxygen atoms in total. The van der Waals surface area contributed by atoms with Gasteiger partial charge in [-0.15, -0.1) is 16.4 Å². The van der Waals surface area contributed by atoms with Crippen LogP contribution >= 0.6 is 11.3 Å². The van der Waals surface area contributed by atoms with Crippen LogP contribution in [0.4, 0.5) is 5.69 Å². The molecule has 1 aliphatic rings. The van der Waals surface area contributed by atoms with Crippen molar-refractivity contribution in [3.8, 4) is 16.9 Å². The summed E-state index contributed by atoms with van der Waals surface area (Å²) in [7, 11) is 0. The largest absolute Gasteiger partial charge is 0.284 e. The standard InChI is InChI=1S/C25H17N5O4S/c31-23-20-11-4-5-12-21(20)24(32)28(23)14-13-26-27-25-29(18-8-2-1-3-9-18)22(16-35-25)17-7-6-10-19(15-17)30(33)34/h1-13,15-16H,14H2/b26-13+,27-25-. The van der Waals surface area contributed by atoms with Crippen molar-refractivity contribution < 1.29 is 14.5 Å². The number of amides is 2. The van der Waals surface area contributed by atoms with E-state index in [0.717, 1.165) is 16.3 Å². The van der Waals surface area contributed by atoms with Crippen LogP contribution in [0.15, 0.2) is 94.4 Å². The molecule has 1 aromatic heterocycles. The van der Waals surface area contributed by atoms with Gasteiger partial charge in [0.25, 0.3) is 17.5 Å². The van der Waals surface area contributed by atoms with Crippen molar-refractivity contribution in [2.45, 2.75) is 0 Å². The van der Waals surface area contributed by atoms with E-state index in [2.05, 4.69) is 10.2 Å². The van der Waals surface area contributed by atoms with E-state index >= 15 is 0 Å². The van der Waals surface area contributed by atoms with Gasteiger partial charge in [0, 0.05) is 35.0 Å². The lowest BCUT2D eigenvalue weighted by Crippen LogP contribution is -2.31. The Bertz CT molecular complexity index is 1520. The molecular weight excluding hydrogens is 466 g/mol. The van der Waals surface area contributed by atoms with Gasteiger partial charge in [0.1, 0.15) is 0 Å². The van der Waals surface area contributed by atoms with Crippen LogP contribution in [0.2, 0.25) is 0 Å². The molecule has 2 heterocycles. The van der Waals surface area contributed by atoms with E-state index in [1.54, 1.807) is 36.4 Å². The summed E-state index contributed by atoms with van der Waals surface area (Å²) in [5, 5.41) is 21.5. The van der Waals surface area contributed by atoms with Crippen molar-refractivity contribution >= 4 is 35.1 Å². The molecule has 0 fully saturated rings. The molecule has 0 spiro atoms. The van der Waals surface area contributed by atoms with Crippen molar-refractivity contribution in [3.63, 3.8) is 0 Å². The zero-order valence-electron chi connectivity index (χ0n) is 18.1. The van der Waals surface area contributed by atoms with Gasteiger partial charge in [-0.2, -0.15) is 5.10 Å². The van der Waals surface area contributed by atoms with Crippen molar-refractivity contribution in [3.05, 3.63) is 110 Å². The Morgan fingerprint density at radius 2 is 1.60 bits per heavy atom.